The number of likely N-dealkylation sites (N-methyl/N-ethyl adjacent to an activating group) is 1. The van der Waals surface area contributed by atoms with Gasteiger partial charge in [-0.25, -0.2) is 4.39 Å². The maximum Gasteiger partial charge on any atom is 0.123 e. The Labute approximate surface area is 108 Å². The summed E-state index contributed by atoms with van der Waals surface area (Å²) in [6.45, 7) is 2.32. The summed E-state index contributed by atoms with van der Waals surface area (Å²) < 4.78 is 18.6. The van der Waals surface area contributed by atoms with E-state index in [-0.39, 0.29) is 18.0 Å². The van der Waals surface area contributed by atoms with Gasteiger partial charge in [0.05, 0.1) is 12.2 Å². The highest BCUT2D eigenvalue weighted by molar-refractivity contribution is 5.15. The van der Waals surface area contributed by atoms with Gasteiger partial charge in [-0.15, -0.1) is 0 Å². The highest BCUT2D eigenvalue weighted by Crippen LogP contribution is 2.19. The number of hydrogen-bond acceptors (Lipinski definition) is 3. The summed E-state index contributed by atoms with van der Waals surface area (Å²) in [7, 11) is 2.06. The van der Waals surface area contributed by atoms with Crippen molar-refractivity contribution in [1.82, 2.24) is 4.90 Å². The Balaban J connectivity index is 1.78. The zero-order valence-corrected chi connectivity index (χ0v) is 10.8. The predicted octanol–water partition coefficient (Wildman–Crippen LogP) is 1.76. The van der Waals surface area contributed by atoms with E-state index in [2.05, 4.69) is 11.9 Å². The minimum Gasteiger partial charge on any atom is -0.372 e. The third kappa shape index (κ3) is 3.77. The number of ether oxygens (including phenoxy) is 1. The summed E-state index contributed by atoms with van der Waals surface area (Å²) in [6, 6.07) is 6.65. The van der Waals surface area contributed by atoms with Gasteiger partial charge in [-0.2, -0.15) is 0 Å². The van der Waals surface area contributed by atoms with Crippen LogP contribution in [0.2, 0.25) is 0 Å². The molecular formula is C14H21FN2O. The molecule has 1 fully saturated rings. The van der Waals surface area contributed by atoms with E-state index in [1.165, 1.54) is 12.1 Å². The fourth-order valence-corrected chi connectivity index (χ4v) is 2.40. The largest absolute Gasteiger partial charge is 0.372 e. The molecule has 3 nitrogen and oxygen atoms in total. The van der Waals surface area contributed by atoms with Crippen LogP contribution in [-0.2, 0) is 11.3 Å². The van der Waals surface area contributed by atoms with E-state index in [0.29, 0.717) is 6.54 Å². The first kappa shape index (κ1) is 13.5. The van der Waals surface area contributed by atoms with Crippen molar-refractivity contribution in [3.8, 4) is 0 Å². The van der Waals surface area contributed by atoms with E-state index in [1.54, 1.807) is 0 Å². The summed E-state index contributed by atoms with van der Waals surface area (Å²) in [5, 5.41) is 0. The van der Waals surface area contributed by atoms with Crippen LogP contribution in [0.15, 0.2) is 24.3 Å². The SMILES string of the molecule is CN(Cc1ccc(F)cc1)C[C@@H]1CC[C@@H](CN)O1. The summed E-state index contributed by atoms with van der Waals surface area (Å²) in [4.78, 5) is 2.21. The Kier molecular flexibility index (Phi) is 4.69. The van der Waals surface area contributed by atoms with Crippen molar-refractivity contribution in [3.05, 3.63) is 35.6 Å². The number of nitrogens with zero attached hydrogens (tertiary/aromatic N) is 1. The highest BCUT2D eigenvalue weighted by atomic mass is 19.1. The second-order valence-electron chi connectivity index (χ2n) is 5.02. The van der Waals surface area contributed by atoms with Gasteiger partial charge in [-0.1, -0.05) is 12.1 Å². The van der Waals surface area contributed by atoms with E-state index in [4.69, 9.17) is 10.5 Å². The lowest BCUT2D eigenvalue weighted by atomic mass is 10.1. The topological polar surface area (TPSA) is 38.5 Å². The molecule has 2 N–H and O–H groups in total. The first-order chi connectivity index (χ1) is 8.67. The Hall–Kier alpha value is -0.970. The maximum absolute atomic E-state index is 12.8. The van der Waals surface area contributed by atoms with Gasteiger partial charge < -0.3 is 10.5 Å². The van der Waals surface area contributed by atoms with Crippen LogP contribution in [0.3, 0.4) is 0 Å². The number of rotatable bonds is 5. The molecule has 1 aliphatic rings. The Bertz CT molecular complexity index is 369. The van der Waals surface area contributed by atoms with Crippen molar-refractivity contribution in [2.45, 2.75) is 31.6 Å². The van der Waals surface area contributed by atoms with Crippen LogP contribution in [-0.4, -0.2) is 37.2 Å². The molecule has 100 valence electrons. The van der Waals surface area contributed by atoms with E-state index in [1.807, 2.05) is 12.1 Å². The molecule has 0 aromatic heterocycles. The molecule has 0 unspecified atom stereocenters. The number of hydrogen-bond donors (Lipinski definition) is 1. The molecule has 18 heavy (non-hydrogen) atoms. The first-order valence-electron chi connectivity index (χ1n) is 6.46. The van der Waals surface area contributed by atoms with Gasteiger partial charge in [0.1, 0.15) is 5.82 Å². The van der Waals surface area contributed by atoms with Crippen LogP contribution >= 0.6 is 0 Å². The average molecular weight is 252 g/mol. The lowest BCUT2D eigenvalue weighted by Gasteiger charge is -2.21. The van der Waals surface area contributed by atoms with Crippen molar-refractivity contribution >= 4 is 0 Å². The van der Waals surface area contributed by atoms with Gasteiger partial charge in [0.25, 0.3) is 0 Å². The van der Waals surface area contributed by atoms with Crippen LogP contribution in [0.25, 0.3) is 0 Å². The fourth-order valence-electron chi connectivity index (χ4n) is 2.40. The summed E-state index contributed by atoms with van der Waals surface area (Å²) >= 11 is 0. The molecular weight excluding hydrogens is 231 g/mol. The highest BCUT2D eigenvalue weighted by Gasteiger charge is 2.24. The molecule has 1 aromatic carbocycles. The molecule has 0 amide bonds. The van der Waals surface area contributed by atoms with Crippen LogP contribution in [0.1, 0.15) is 18.4 Å². The summed E-state index contributed by atoms with van der Waals surface area (Å²) in [5.41, 5.74) is 6.71. The second kappa shape index (κ2) is 6.27. The van der Waals surface area contributed by atoms with E-state index < -0.39 is 0 Å². The zero-order chi connectivity index (χ0) is 13.0. The monoisotopic (exact) mass is 252 g/mol. The molecule has 0 aliphatic carbocycles. The Morgan fingerprint density at radius 2 is 1.94 bits per heavy atom. The number of benzene rings is 1. The summed E-state index contributed by atoms with van der Waals surface area (Å²) in [5.74, 6) is -0.189. The number of halogens is 1. The van der Waals surface area contributed by atoms with Crippen LogP contribution in [0.4, 0.5) is 4.39 Å². The molecule has 2 atom stereocenters. The lowest BCUT2D eigenvalue weighted by Crippen LogP contribution is -2.30. The van der Waals surface area contributed by atoms with Gasteiger partial charge in [-0.3, -0.25) is 4.90 Å². The van der Waals surface area contributed by atoms with Crippen LogP contribution in [0.5, 0.6) is 0 Å². The quantitative estimate of drug-likeness (QED) is 0.868. The van der Waals surface area contributed by atoms with Crippen LogP contribution in [0, 0.1) is 5.82 Å². The van der Waals surface area contributed by atoms with Crippen molar-refractivity contribution in [2.24, 2.45) is 5.73 Å². The summed E-state index contributed by atoms with van der Waals surface area (Å²) in [6.07, 6.45) is 2.65. The molecule has 4 heteroatoms. The molecule has 1 saturated heterocycles. The number of nitrogens with two attached hydrogens (primary N) is 1. The van der Waals surface area contributed by atoms with E-state index in [0.717, 1.165) is 31.5 Å². The van der Waals surface area contributed by atoms with Crippen molar-refractivity contribution in [2.75, 3.05) is 20.1 Å². The minimum absolute atomic E-state index is 0.189. The molecule has 0 spiro atoms. The molecule has 1 aliphatic heterocycles. The lowest BCUT2D eigenvalue weighted by molar-refractivity contribution is 0.0306. The molecule has 2 rings (SSSR count). The van der Waals surface area contributed by atoms with Gasteiger partial charge in [0.15, 0.2) is 0 Å². The van der Waals surface area contributed by atoms with E-state index >= 15 is 0 Å². The molecule has 1 heterocycles. The molecule has 0 bridgehead atoms. The van der Waals surface area contributed by atoms with Crippen molar-refractivity contribution in [3.63, 3.8) is 0 Å². The predicted molar refractivity (Wildman–Crippen MR) is 69.7 cm³/mol. The second-order valence-corrected chi connectivity index (χ2v) is 5.02. The standard InChI is InChI=1S/C14H21FN2O/c1-17(9-11-2-4-12(15)5-3-11)10-14-7-6-13(8-16)18-14/h2-5,13-14H,6-10,16H2,1H3/t13-,14-/m0/s1. The molecule has 0 saturated carbocycles. The third-order valence-electron chi connectivity index (χ3n) is 3.34. The maximum atomic E-state index is 12.8. The Morgan fingerprint density at radius 1 is 1.28 bits per heavy atom. The van der Waals surface area contributed by atoms with Gasteiger partial charge >= 0.3 is 0 Å². The zero-order valence-electron chi connectivity index (χ0n) is 10.8. The third-order valence-corrected chi connectivity index (χ3v) is 3.34. The van der Waals surface area contributed by atoms with Crippen molar-refractivity contribution < 1.29 is 9.13 Å². The first-order valence-corrected chi connectivity index (χ1v) is 6.46. The fraction of sp³-hybridized carbons (Fsp3) is 0.571. The Morgan fingerprint density at radius 3 is 2.56 bits per heavy atom. The van der Waals surface area contributed by atoms with Crippen molar-refractivity contribution in [1.29, 1.82) is 0 Å². The average Bonchev–Trinajstić information content (AvgIpc) is 2.79. The molecule has 1 aromatic rings. The minimum atomic E-state index is -0.189. The normalized spacial score (nSPS) is 23.8. The smallest absolute Gasteiger partial charge is 0.123 e. The van der Waals surface area contributed by atoms with E-state index in [9.17, 15) is 4.39 Å². The van der Waals surface area contributed by atoms with Gasteiger partial charge in [0, 0.05) is 19.6 Å². The van der Waals surface area contributed by atoms with Gasteiger partial charge in [-0.05, 0) is 37.6 Å². The molecule has 0 radical (unpaired) electrons. The van der Waals surface area contributed by atoms with Crippen LogP contribution < -0.4 is 5.73 Å². The van der Waals surface area contributed by atoms with Gasteiger partial charge in [0.2, 0.25) is 0 Å².